The second kappa shape index (κ2) is 5.99. The van der Waals surface area contributed by atoms with Gasteiger partial charge in [-0.2, -0.15) is 5.26 Å². The van der Waals surface area contributed by atoms with Gasteiger partial charge in [-0.25, -0.2) is 0 Å². The maximum absolute atomic E-state index is 11.4. The van der Waals surface area contributed by atoms with Gasteiger partial charge in [0.25, 0.3) is 5.24 Å². The van der Waals surface area contributed by atoms with Crippen molar-refractivity contribution in [1.82, 2.24) is 0 Å². The highest BCUT2D eigenvalue weighted by Gasteiger charge is 2.16. The topological polar surface area (TPSA) is 40.9 Å². The standard InChI is InChI=1S/C16H10ClNO/c17-16(19)14(11-18)15(12-7-3-1-4-8-12)13-9-5-2-6-10-13/h1-10H. The van der Waals surface area contributed by atoms with Gasteiger partial charge in [0, 0.05) is 5.57 Å². The molecule has 0 aliphatic carbocycles. The Bertz CT molecular complexity index is 613. The minimum atomic E-state index is -0.745. The van der Waals surface area contributed by atoms with Crippen LogP contribution in [0.5, 0.6) is 0 Å². The highest BCUT2D eigenvalue weighted by Crippen LogP contribution is 2.27. The molecule has 0 fully saturated rings. The summed E-state index contributed by atoms with van der Waals surface area (Å²) >= 11 is 5.52. The minimum absolute atomic E-state index is 0.0425. The van der Waals surface area contributed by atoms with Crippen LogP contribution < -0.4 is 0 Å². The number of halogens is 1. The van der Waals surface area contributed by atoms with Crippen LogP contribution in [0.15, 0.2) is 66.2 Å². The number of nitriles is 1. The summed E-state index contributed by atoms with van der Waals surface area (Å²) in [4.78, 5) is 11.4. The highest BCUT2D eigenvalue weighted by molar-refractivity contribution is 6.69. The monoisotopic (exact) mass is 267 g/mol. The average molecular weight is 268 g/mol. The summed E-state index contributed by atoms with van der Waals surface area (Å²) in [5.41, 5.74) is 2.10. The van der Waals surface area contributed by atoms with E-state index in [2.05, 4.69) is 0 Å². The molecule has 0 radical (unpaired) electrons. The molecule has 0 amide bonds. The zero-order valence-corrected chi connectivity index (χ0v) is 10.8. The van der Waals surface area contributed by atoms with E-state index in [4.69, 9.17) is 11.6 Å². The van der Waals surface area contributed by atoms with Crippen LogP contribution in [0.3, 0.4) is 0 Å². The Morgan fingerprint density at radius 2 is 1.32 bits per heavy atom. The first-order valence-electron chi connectivity index (χ1n) is 5.69. The first kappa shape index (κ1) is 13.1. The zero-order chi connectivity index (χ0) is 13.7. The van der Waals surface area contributed by atoms with Crippen molar-refractivity contribution in [1.29, 1.82) is 5.26 Å². The molecule has 2 aromatic rings. The Morgan fingerprint density at radius 3 is 1.63 bits per heavy atom. The Labute approximate surface area is 116 Å². The molecule has 0 N–H and O–H groups in total. The molecule has 0 aliphatic heterocycles. The molecule has 2 nitrogen and oxygen atoms in total. The Morgan fingerprint density at radius 1 is 0.895 bits per heavy atom. The highest BCUT2D eigenvalue weighted by atomic mass is 35.5. The smallest absolute Gasteiger partial charge is 0.263 e. The lowest BCUT2D eigenvalue weighted by atomic mass is 9.94. The van der Waals surface area contributed by atoms with Crippen molar-refractivity contribution in [2.45, 2.75) is 0 Å². The van der Waals surface area contributed by atoms with Crippen LogP contribution in [-0.2, 0) is 4.79 Å². The van der Waals surface area contributed by atoms with E-state index in [1.165, 1.54) is 0 Å². The van der Waals surface area contributed by atoms with Crippen LogP contribution in [0.25, 0.3) is 5.57 Å². The molecule has 0 atom stereocenters. The van der Waals surface area contributed by atoms with Gasteiger partial charge in [0.2, 0.25) is 0 Å². The normalized spacial score (nSPS) is 9.47. The van der Waals surface area contributed by atoms with E-state index in [0.717, 1.165) is 11.1 Å². The van der Waals surface area contributed by atoms with Gasteiger partial charge in [0.15, 0.2) is 0 Å². The SMILES string of the molecule is N#CC(C(=O)Cl)=C(c1ccccc1)c1ccccc1. The second-order valence-electron chi connectivity index (χ2n) is 3.87. The average Bonchev–Trinajstić information content (AvgIpc) is 2.46. The molecule has 2 rings (SSSR count). The first-order chi connectivity index (χ1) is 9.24. The fourth-order valence-electron chi connectivity index (χ4n) is 1.86. The van der Waals surface area contributed by atoms with Crippen LogP contribution >= 0.6 is 11.6 Å². The fourth-order valence-corrected chi connectivity index (χ4v) is 2.00. The van der Waals surface area contributed by atoms with Crippen LogP contribution in [0, 0.1) is 11.3 Å². The molecule has 0 aliphatic rings. The largest absolute Gasteiger partial charge is 0.275 e. The molecule has 0 saturated carbocycles. The molecule has 0 heterocycles. The summed E-state index contributed by atoms with van der Waals surface area (Å²) in [6.45, 7) is 0. The predicted molar refractivity (Wildman–Crippen MR) is 75.4 cm³/mol. The number of rotatable bonds is 3. The number of benzene rings is 2. The summed E-state index contributed by atoms with van der Waals surface area (Å²) in [5, 5.41) is 8.43. The fraction of sp³-hybridized carbons (Fsp3) is 0. The maximum Gasteiger partial charge on any atom is 0.263 e. The molecule has 0 bridgehead atoms. The van der Waals surface area contributed by atoms with E-state index in [1.54, 1.807) is 0 Å². The van der Waals surface area contributed by atoms with Gasteiger partial charge in [-0.15, -0.1) is 0 Å². The van der Waals surface area contributed by atoms with Crippen molar-refractivity contribution in [3.8, 4) is 6.07 Å². The number of allylic oxidation sites excluding steroid dienone is 1. The van der Waals surface area contributed by atoms with Gasteiger partial charge in [0.1, 0.15) is 11.6 Å². The zero-order valence-electron chi connectivity index (χ0n) is 10.0. The van der Waals surface area contributed by atoms with E-state index in [-0.39, 0.29) is 5.57 Å². The minimum Gasteiger partial charge on any atom is -0.275 e. The molecule has 92 valence electrons. The molecule has 0 aromatic heterocycles. The first-order valence-corrected chi connectivity index (χ1v) is 6.07. The summed E-state index contributed by atoms with van der Waals surface area (Å²) in [5.74, 6) is 0. The summed E-state index contributed by atoms with van der Waals surface area (Å²) in [6.07, 6.45) is 0. The lowest BCUT2D eigenvalue weighted by Gasteiger charge is -2.09. The van der Waals surface area contributed by atoms with Crippen LogP contribution in [-0.4, -0.2) is 5.24 Å². The van der Waals surface area contributed by atoms with Crippen molar-refractivity contribution in [2.75, 3.05) is 0 Å². The molecule has 0 spiro atoms. The Hall–Kier alpha value is -2.37. The van der Waals surface area contributed by atoms with Crippen LogP contribution in [0.4, 0.5) is 0 Å². The number of hydrogen-bond donors (Lipinski definition) is 0. The maximum atomic E-state index is 11.4. The van der Waals surface area contributed by atoms with Gasteiger partial charge in [-0.05, 0) is 22.7 Å². The molecule has 0 saturated heterocycles. The third kappa shape index (κ3) is 2.90. The number of hydrogen-bond acceptors (Lipinski definition) is 2. The lowest BCUT2D eigenvalue weighted by Crippen LogP contribution is -1.99. The van der Waals surface area contributed by atoms with Crippen molar-refractivity contribution in [3.05, 3.63) is 77.4 Å². The van der Waals surface area contributed by atoms with Crippen molar-refractivity contribution in [3.63, 3.8) is 0 Å². The number of carbonyl (C=O) groups excluding carboxylic acids is 1. The summed E-state index contributed by atoms with van der Waals surface area (Å²) in [6, 6.07) is 20.4. The van der Waals surface area contributed by atoms with Gasteiger partial charge >= 0.3 is 0 Å². The van der Waals surface area contributed by atoms with Crippen molar-refractivity contribution >= 4 is 22.4 Å². The van der Waals surface area contributed by atoms with E-state index >= 15 is 0 Å². The lowest BCUT2D eigenvalue weighted by molar-refractivity contribution is -0.108. The van der Waals surface area contributed by atoms with E-state index in [0.29, 0.717) is 5.57 Å². The van der Waals surface area contributed by atoms with E-state index in [9.17, 15) is 10.1 Å². The third-order valence-corrected chi connectivity index (χ3v) is 2.87. The van der Waals surface area contributed by atoms with Crippen molar-refractivity contribution in [2.24, 2.45) is 0 Å². The van der Waals surface area contributed by atoms with Gasteiger partial charge in [-0.3, -0.25) is 4.79 Å². The Kier molecular flexibility index (Phi) is 4.12. The van der Waals surface area contributed by atoms with Crippen LogP contribution in [0.2, 0.25) is 0 Å². The summed E-state index contributed by atoms with van der Waals surface area (Å²) < 4.78 is 0. The molecule has 0 unspecified atom stereocenters. The van der Waals surface area contributed by atoms with E-state index < -0.39 is 5.24 Å². The number of nitrogens with zero attached hydrogens (tertiary/aromatic N) is 1. The van der Waals surface area contributed by atoms with E-state index in [1.807, 2.05) is 66.7 Å². The summed E-state index contributed by atoms with van der Waals surface area (Å²) in [7, 11) is 0. The third-order valence-electron chi connectivity index (χ3n) is 2.68. The molecule has 19 heavy (non-hydrogen) atoms. The molecule has 3 heteroatoms. The molecule has 2 aromatic carbocycles. The molecular weight excluding hydrogens is 258 g/mol. The van der Waals surface area contributed by atoms with Gasteiger partial charge < -0.3 is 0 Å². The molecular formula is C16H10ClNO. The quantitative estimate of drug-likeness (QED) is 0.482. The predicted octanol–water partition coefficient (Wildman–Crippen LogP) is 3.78. The second-order valence-corrected chi connectivity index (χ2v) is 4.21. The number of carbonyl (C=O) groups is 1. The Balaban J connectivity index is 2.73. The van der Waals surface area contributed by atoms with Crippen molar-refractivity contribution < 1.29 is 4.79 Å². The van der Waals surface area contributed by atoms with Crippen LogP contribution in [0.1, 0.15) is 11.1 Å². The van der Waals surface area contributed by atoms with Gasteiger partial charge in [-0.1, -0.05) is 60.7 Å². The van der Waals surface area contributed by atoms with Gasteiger partial charge in [0.05, 0.1) is 0 Å².